The summed E-state index contributed by atoms with van der Waals surface area (Å²) in [6.45, 7) is 4.39. The number of ether oxygens (including phenoxy) is 1. The number of aliphatic carboxylic acids is 1. The monoisotopic (exact) mass is 297 g/mol. The SMILES string of the molecule is CCOC(C)c1noc(CN(C)C(=O)C2CC2C(=O)O)n1. The molecule has 8 nitrogen and oxygen atoms in total. The molecule has 1 saturated carbocycles. The molecular weight excluding hydrogens is 278 g/mol. The number of aromatic nitrogens is 2. The quantitative estimate of drug-likeness (QED) is 0.795. The third-order valence-electron chi connectivity index (χ3n) is 3.44. The lowest BCUT2D eigenvalue weighted by molar-refractivity contribution is -0.141. The van der Waals surface area contributed by atoms with E-state index in [0.29, 0.717) is 24.7 Å². The van der Waals surface area contributed by atoms with Crippen molar-refractivity contribution in [2.45, 2.75) is 32.9 Å². The Labute approximate surface area is 122 Å². The fourth-order valence-corrected chi connectivity index (χ4v) is 2.13. The number of carboxylic acid groups (broad SMARTS) is 1. The van der Waals surface area contributed by atoms with E-state index in [4.69, 9.17) is 14.4 Å². The van der Waals surface area contributed by atoms with Gasteiger partial charge in [-0.2, -0.15) is 4.98 Å². The molecule has 1 fully saturated rings. The van der Waals surface area contributed by atoms with Crippen LogP contribution in [0.1, 0.15) is 38.1 Å². The van der Waals surface area contributed by atoms with Crippen LogP contribution in [0.25, 0.3) is 0 Å². The standard InChI is InChI=1S/C13H19N3O5/c1-4-20-7(2)11-14-10(21-15-11)6-16(3)12(17)8-5-9(8)13(18)19/h7-9H,4-6H2,1-3H3,(H,18,19). The summed E-state index contributed by atoms with van der Waals surface area (Å²) in [5, 5.41) is 12.6. The van der Waals surface area contributed by atoms with Crippen LogP contribution in [0.4, 0.5) is 0 Å². The van der Waals surface area contributed by atoms with Gasteiger partial charge >= 0.3 is 5.97 Å². The summed E-state index contributed by atoms with van der Waals surface area (Å²) in [5.41, 5.74) is 0. The van der Waals surface area contributed by atoms with Crippen molar-refractivity contribution in [3.8, 4) is 0 Å². The summed E-state index contributed by atoms with van der Waals surface area (Å²) in [7, 11) is 1.59. The first-order chi connectivity index (χ1) is 9.93. The van der Waals surface area contributed by atoms with Gasteiger partial charge in [-0.05, 0) is 20.3 Å². The molecule has 116 valence electrons. The second kappa shape index (κ2) is 6.21. The van der Waals surface area contributed by atoms with E-state index in [0.717, 1.165) is 0 Å². The van der Waals surface area contributed by atoms with E-state index in [9.17, 15) is 9.59 Å². The van der Waals surface area contributed by atoms with E-state index >= 15 is 0 Å². The van der Waals surface area contributed by atoms with Gasteiger partial charge in [0.1, 0.15) is 6.10 Å². The lowest BCUT2D eigenvalue weighted by Gasteiger charge is -2.14. The van der Waals surface area contributed by atoms with Crippen LogP contribution in [0.3, 0.4) is 0 Å². The first kappa shape index (κ1) is 15.4. The molecule has 0 aromatic carbocycles. The molecule has 1 amide bonds. The third kappa shape index (κ3) is 3.57. The van der Waals surface area contributed by atoms with Crippen molar-refractivity contribution in [2.75, 3.05) is 13.7 Å². The van der Waals surface area contributed by atoms with Crippen LogP contribution in [0.5, 0.6) is 0 Å². The van der Waals surface area contributed by atoms with Gasteiger partial charge in [0, 0.05) is 13.7 Å². The van der Waals surface area contributed by atoms with E-state index in [1.165, 1.54) is 4.90 Å². The minimum absolute atomic E-state index is 0.160. The van der Waals surface area contributed by atoms with Crippen LogP contribution in [-0.4, -0.2) is 45.7 Å². The van der Waals surface area contributed by atoms with E-state index in [1.807, 2.05) is 13.8 Å². The van der Waals surface area contributed by atoms with Gasteiger partial charge in [-0.15, -0.1) is 0 Å². The molecule has 1 heterocycles. The molecule has 1 aromatic heterocycles. The molecule has 1 aliphatic rings. The zero-order chi connectivity index (χ0) is 15.6. The van der Waals surface area contributed by atoms with Crippen molar-refractivity contribution >= 4 is 11.9 Å². The lowest BCUT2D eigenvalue weighted by Crippen LogP contribution is -2.29. The Morgan fingerprint density at radius 1 is 1.52 bits per heavy atom. The summed E-state index contributed by atoms with van der Waals surface area (Å²) >= 11 is 0. The number of carboxylic acids is 1. The maximum Gasteiger partial charge on any atom is 0.307 e. The maximum absolute atomic E-state index is 12.0. The second-order valence-electron chi connectivity index (χ2n) is 5.13. The molecule has 0 saturated heterocycles. The molecule has 1 N–H and O–H groups in total. The van der Waals surface area contributed by atoms with Crippen molar-refractivity contribution in [1.29, 1.82) is 0 Å². The summed E-state index contributed by atoms with van der Waals surface area (Å²) in [5.74, 6) is -1.39. The molecule has 0 aliphatic heterocycles. The summed E-state index contributed by atoms with van der Waals surface area (Å²) in [6, 6.07) is 0. The van der Waals surface area contributed by atoms with Crippen molar-refractivity contribution in [3.63, 3.8) is 0 Å². The van der Waals surface area contributed by atoms with Gasteiger partial charge < -0.3 is 19.3 Å². The molecule has 0 radical (unpaired) electrons. The fraction of sp³-hybridized carbons (Fsp3) is 0.692. The summed E-state index contributed by atoms with van der Waals surface area (Å²) in [6.07, 6.45) is 0.128. The summed E-state index contributed by atoms with van der Waals surface area (Å²) < 4.78 is 10.4. The molecule has 21 heavy (non-hydrogen) atoms. The number of amides is 1. The molecule has 0 spiro atoms. The number of carbonyl (C=O) groups is 2. The first-order valence-electron chi connectivity index (χ1n) is 6.85. The molecule has 0 bridgehead atoms. The van der Waals surface area contributed by atoms with Crippen LogP contribution in [-0.2, 0) is 20.9 Å². The molecule has 3 atom stereocenters. The minimum atomic E-state index is -0.924. The van der Waals surface area contributed by atoms with Gasteiger partial charge in [-0.3, -0.25) is 9.59 Å². The predicted molar refractivity (Wildman–Crippen MR) is 70.0 cm³/mol. The van der Waals surface area contributed by atoms with E-state index in [1.54, 1.807) is 7.05 Å². The highest BCUT2D eigenvalue weighted by molar-refractivity contribution is 5.89. The second-order valence-corrected chi connectivity index (χ2v) is 5.13. The fourth-order valence-electron chi connectivity index (χ4n) is 2.13. The zero-order valence-electron chi connectivity index (χ0n) is 12.3. The zero-order valence-corrected chi connectivity index (χ0v) is 12.3. The molecule has 3 unspecified atom stereocenters. The van der Waals surface area contributed by atoms with Gasteiger partial charge in [0.15, 0.2) is 5.82 Å². The highest BCUT2D eigenvalue weighted by atomic mass is 16.5. The number of nitrogens with zero attached hydrogens (tertiary/aromatic N) is 3. The van der Waals surface area contributed by atoms with Gasteiger partial charge in [0.25, 0.3) is 0 Å². The lowest BCUT2D eigenvalue weighted by atomic mass is 10.3. The summed E-state index contributed by atoms with van der Waals surface area (Å²) in [4.78, 5) is 28.4. The molecule has 2 rings (SSSR count). The highest BCUT2D eigenvalue weighted by Crippen LogP contribution is 2.40. The number of rotatable bonds is 7. The first-order valence-corrected chi connectivity index (χ1v) is 6.85. The van der Waals surface area contributed by atoms with Gasteiger partial charge in [0.2, 0.25) is 11.8 Å². The number of hydrogen-bond acceptors (Lipinski definition) is 6. The number of carbonyl (C=O) groups excluding carboxylic acids is 1. The Balaban J connectivity index is 1.90. The normalized spacial score (nSPS) is 21.9. The molecule has 1 aliphatic carbocycles. The van der Waals surface area contributed by atoms with Crippen LogP contribution in [0.2, 0.25) is 0 Å². The molecular formula is C13H19N3O5. The van der Waals surface area contributed by atoms with Crippen LogP contribution >= 0.6 is 0 Å². The van der Waals surface area contributed by atoms with Gasteiger partial charge in [-0.25, -0.2) is 0 Å². The average molecular weight is 297 g/mol. The van der Waals surface area contributed by atoms with E-state index < -0.39 is 17.8 Å². The Morgan fingerprint density at radius 3 is 2.81 bits per heavy atom. The van der Waals surface area contributed by atoms with Crippen molar-refractivity contribution in [1.82, 2.24) is 15.0 Å². The topological polar surface area (TPSA) is 106 Å². The van der Waals surface area contributed by atoms with Crippen molar-refractivity contribution in [2.24, 2.45) is 11.8 Å². The van der Waals surface area contributed by atoms with E-state index in [2.05, 4.69) is 10.1 Å². The van der Waals surface area contributed by atoms with Crippen molar-refractivity contribution < 1.29 is 24.0 Å². The highest BCUT2D eigenvalue weighted by Gasteiger charge is 2.49. The van der Waals surface area contributed by atoms with Gasteiger partial charge in [-0.1, -0.05) is 5.16 Å². The average Bonchev–Trinajstić information content (AvgIpc) is 3.11. The maximum atomic E-state index is 12.0. The Hall–Kier alpha value is -1.96. The largest absolute Gasteiger partial charge is 0.481 e. The predicted octanol–water partition coefficient (Wildman–Crippen LogP) is 0.846. The Bertz CT molecular complexity index is 530. The number of hydrogen-bond donors (Lipinski definition) is 1. The Kier molecular flexibility index (Phi) is 4.56. The Morgan fingerprint density at radius 2 is 2.24 bits per heavy atom. The van der Waals surface area contributed by atoms with Crippen LogP contribution < -0.4 is 0 Å². The van der Waals surface area contributed by atoms with Crippen LogP contribution in [0.15, 0.2) is 4.52 Å². The molecule has 8 heteroatoms. The van der Waals surface area contributed by atoms with Crippen LogP contribution in [0, 0.1) is 11.8 Å². The minimum Gasteiger partial charge on any atom is -0.481 e. The third-order valence-corrected chi connectivity index (χ3v) is 3.44. The van der Waals surface area contributed by atoms with E-state index in [-0.39, 0.29) is 18.6 Å². The van der Waals surface area contributed by atoms with Gasteiger partial charge in [0.05, 0.1) is 18.4 Å². The molecule has 1 aromatic rings. The smallest absolute Gasteiger partial charge is 0.307 e. The van der Waals surface area contributed by atoms with Crippen molar-refractivity contribution in [3.05, 3.63) is 11.7 Å².